The van der Waals surface area contributed by atoms with Crippen LogP contribution < -0.4 is 0 Å². The molecule has 4 heteroatoms. The molecule has 0 amide bonds. The number of aryl methyl sites for hydroxylation is 2. The lowest BCUT2D eigenvalue weighted by atomic mass is 9.96. The number of rotatable bonds is 2. The molecule has 2 rings (SSSR count). The number of nitrogens with zero attached hydrogens (tertiary/aromatic N) is 2. The summed E-state index contributed by atoms with van der Waals surface area (Å²) in [6, 6.07) is 6.45. The van der Waals surface area contributed by atoms with Crippen LogP contribution >= 0.6 is 23.4 Å². The maximum atomic E-state index is 6.28. The van der Waals surface area contributed by atoms with E-state index in [1.807, 2.05) is 6.92 Å². The van der Waals surface area contributed by atoms with Crippen LogP contribution in [-0.4, -0.2) is 9.97 Å². The van der Waals surface area contributed by atoms with Crippen LogP contribution in [0.3, 0.4) is 0 Å². The summed E-state index contributed by atoms with van der Waals surface area (Å²) in [4.78, 5) is 10.3. The Hall–Kier alpha value is -1.06. The van der Waals surface area contributed by atoms with Crippen LogP contribution in [0, 0.1) is 20.8 Å². The lowest BCUT2D eigenvalue weighted by Gasteiger charge is -2.18. The second kappa shape index (κ2) is 5.98. The summed E-state index contributed by atoms with van der Waals surface area (Å²) in [6.45, 7) is 12.5. The second-order valence-electron chi connectivity index (χ2n) is 6.37. The van der Waals surface area contributed by atoms with Gasteiger partial charge < -0.3 is 0 Å². The van der Waals surface area contributed by atoms with E-state index in [1.165, 1.54) is 16.0 Å². The van der Waals surface area contributed by atoms with Crippen molar-refractivity contribution < 1.29 is 0 Å². The summed E-state index contributed by atoms with van der Waals surface area (Å²) in [6.07, 6.45) is 0. The minimum atomic E-state index is -0.115. The van der Waals surface area contributed by atoms with Crippen LogP contribution in [0.2, 0.25) is 5.15 Å². The van der Waals surface area contributed by atoms with E-state index in [0.717, 1.165) is 16.4 Å². The minimum Gasteiger partial charge on any atom is -0.225 e. The molecule has 0 aliphatic carbocycles. The highest BCUT2D eigenvalue weighted by atomic mass is 35.5. The SMILES string of the molecule is Cc1ccc(Sc2nc(C(C)(C)C)nc(Cl)c2C)cc1C. The van der Waals surface area contributed by atoms with Crippen molar-refractivity contribution in [3.05, 3.63) is 45.9 Å². The first-order valence-electron chi connectivity index (χ1n) is 6.98. The van der Waals surface area contributed by atoms with E-state index in [9.17, 15) is 0 Å². The van der Waals surface area contributed by atoms with Gasteiger partial charge in [-0.05, 0) is 44.0 Å². The van der Waals surface area contributed by atoms with E-state index in [0.29, 0.717) is 5.15 Å². The maximum absolute atomic E-state index is 6.28. The Morgan fingerprint density at radius 2 is 1.67 bits per heavy atom. The number of hydrogen-bond acceptors (Lipinski definition) is 3. The van der Waals surface area contributed by atoms with E-state index < -0.39 is 0 Å². The number of hydrogen-bond donors (Lipinski definition) is 0. The van der Waals surface area contributed by atoms with Gasteiger partial charge in [0.05, 0.1) is 0 Å². The summed E-state index contributed by atoms with van der Waals surface area (Å²) in [5.74, 6) is 0.782. The monoisotopic (exact) mass is 320 g/mol. The zero-order chi connectivity index (χ0) is 15.8. The van der Waals surface area contributed by atoms with Gasteiger partial charge in [-0.15, -0.1) is 0 Å². The molecule has 0 atom stereocenters. The molecule has 0 saturated carbocycles. The molecule has 2 aromatic rings. The van der Waals surface area contributed by atoms with Gasteiger partial charge in [0.15, 0.2) is 0 Å². The molecule has 0 spiro atoms. The summed E-state index contributed by atoms with van der Waals surface area (Å²) in [7, 11) is 0. The second-order valence-corrected chi connectivity index (χ2v) is 7.79. The van der Waals surface area contributed by atoms with Crippen molar-refractivity contribution in [2.24, 2.45) is 0 Å². The zero-order valence-electron chi connectivity index (χ0n) is 13.4. The zero-order valence-corrected chi connectivity index (χ0v) is 15.0. The molecule has 0 fully saturated rings. The van der Waals surface area contributed by atoms with E-state index in [2.05, 4.69) is 57.8 Å². The predicted molar refractivity (Wildman–Crippen MR) is 90.5 cm³/mol. The molecule has 0 saturated heterocycles. The average Bonchev–Trinajstić information content (AvgIpc) is 2.38. The Labute approximate surface area is 136 Å². The molecule has 1 aromatic heterocycles. The van der Waals surface area contributed by atoms with Crippen molar-refractivity contribution >= 4 is 23.4 Å². The molecule has 0 aliphatic heterocycles. The third-order valence-corrected chi connectivity index (χ3v) is 4.85. The van der Waals surface area contributed by atoms with Crippen LogP contribution in [0.15, 0.2) is 28.1 Å². The Balaban J connectivity index is 2.43. The van der Waals surface area contributed by atoms with Crippen molar-refractivity contribution in [2.75, 3.05) is 0 Å². The first-order chi connectivity index (χ1) is 9.68. The highest BCUT2D eigenvalue weighted by Gasteiger charge is 2.21. The molecule has 1 heterocycles. The smallest absolute Gasteiger partial charge is 0.136 e. The van der Waals surface area contributed by atoms with Crippen LogP contribution in [0.1, 0.15) is 43.3 Å². The van der Waals surface area contributed by atoms with Gasteiger partial charge in [0.25, 0.3) is 0 Å². The maximum Gasteiger partial charge on any atom is 0.136 e. The van der Waals surface area contributed by atoms with Gasteiger partial charge in [0.2, 0.25) is 0 Å². The molecular formula is C17H21ClN2S. The molecule has 0 aliphatic rings. The standard InChI is InChI=1S/C17H21ClN2S/c1-10-7-8-13(9-11(10)2)21-15-12(3)14(18)19-16(20-15)17(4,5)6/h7-9H,1-6H3. The van der Waals surface area contributed by atoms with Gasteiger partial charge in [-0.2, -0.15) is 0 Å². The Bertz CT molecular complexity index is 675. The number of aromatic nitrogens is 2. The summed E-state index contributed by atoms with van der Waals surface area (Å²) >= 11 is 7.93. The fourth-order valence-corrected chi connectivity index (χ4v) is 3.00. The van der Waals surface area contributed by atoms with Crippen LogP contribution in [0.25, 0.3) is 0 Å². The highest BCUT2D eigenvalue weighted by molar-refractivity contribution is 7.99. The van der Waals surface area contributed by atoms with Crippen molar-refractivity contribution in [3.8, 4) is 0 Å². The first-order valence-corrected chi connectivity index (χ1v) is 8.17. The van der Waals surface area contributed by atoms with E-state index in [-0.39, 0.29) is 5.41 Å². The quantitative estimate of drug-likeness (QED) is 0.683. The van der Waals surface area contributed by atoms with Gasteiger partial charge in [0, 0.05) is 15.9 Å². The van der Waals surface area contributed by atoms with Gasteiger partial charge in [-0.25, -0.2) is 9.97 Å². The topological polar surface area (TPSA) is 25.8 Å². The average molecular weight is 321 g/mol. The fourth-order valence-electron chi connectivity index (χ4n) is 1.79. The highest BCUT2D eigenvalue weighted by Crippen LogP contribution is 2.34. The van der Waals surface area contributed by atoms with Crippen LogP contribution in [-0.2, 0) is 5.41 Å². The van der Waals surface area contributed by atoms with E-state index in [1.54, 1.807) is 11.8 Å². The molecule has 21 heavy (non-hydrogen) atoms. The Morgan fingerprint density at radius 1 is 1.00 bits per heavy atom. The summed E-state index contributed by atoms with van der Waals surface area (Å²) in [5.41, 5.74) is 3.41. The van der Waals surface area contributed by atoms with Gasteiger partial charge >= 0.3 is 0 Å². The molecule has 1 aromatic carbocycles. The predicted octanol–water partition coefficient (Wildman–Crippen LogP) is 5.50. The van der Waals surface area contributed by atoms with Crippen molar-refractivity contribution in [2.45, 2.75) is 56.9 Å². The van der Waals surface area contributed by atoms with E-state index in [4.69, 9.17) is 16.6 Å². The van der Waals surface area contributed by atoms with Crippen LogP contribution in [0.5, 0.6) is 0 Å². The minimum absolute atomic E-state index is 0.115. The summed E-state index contributed by atoms with van der Waals surface area (Å²) < 4.78 is 0. The largest absolute Gasteiger partial charge is 0.225 e. The fraction of sp³-hybridized carbons (Fsp3) is 0.412. The van der Waals surface area contributed by atoms with Crippen molar-refractivity contribution in [1.82, 2.24) is 9.97 Å². The third-order valence-electron chi connectivity index (χ3n) is 3.41. The third kappa shape index (κ3) is 3.78. The van der Waals surface area contributed by atoms with Gasteiger partial charge in [0.1, 0.15) is 16.0 Å². The Morgan fingerprint density at radius 3 is 2.24 bits per heavy atom. The Kier molecular flexibility index (Phi) is 4.64. The molecule has 112 valence electrons. The first kappa shape index (κ1) is 16.3. The normalized spacial score (nSPS) is 11.8. The van der Waals surface area contributed by atoms with Crippen molar-refractivity contribution in [3.63, 3.8) is 0 Å². The lowest BCUT2D eigenvalue weighted by molar-refractivity contribution is 0.537. The van der Waals surface area contributed by atoms with E-state index >= 15 is 0 Å². The molecule has 0 bridgehead atoms. The molecule has 0 radical (unpaired) electrons. The van der Waals surface area contributed by atoms with Crippen LogP contribution in [0.4, 0.5) is 0 Å². The van der Waals surface area contributed by atoms with Crippen molar-refractivity contribution in [1.29, 1.82) is 0 Å². The number of halogens is 1. The summed E-state index contributed by atoms with van der Waals surface area (Å²) in [5, 5.41) is 1.48. The molecular weight excluding hydrogens is 300 g/mol. The number of benzene rings is 1. The molecule has 2 nitrogen and oxygen atoms in total. The molecule has 0 unspecified atom stereocenters. The molecule has 0 N–H and O–H groups in total. The lowest BCUT2D eigenvalue weighted by Crippen LogP contribution is -2.17. The van der Waals surface area contributed by atoms with Gasteiger partial charge in [-0.1, -0.05) is 50.2 Å². The van der Waals surface area contributed by atoms with Gasteiger partial charge in [-0.3, -0.25) is 0 Å².